The summed E-state index contributed by atoms with van der Waals surface area (Å²) in [5.41, 5.74) is 3.15. The molecule has 1 aliphatic rings. The first kappa shape index (κ1) is 9.66. The van der Waals surface area contributed by atoms with Gasteiger partial charge < -0.3 is 0 Å². The van der Waals surface area contributed by atoms with Gasteiger partial charge in [0.15, 0.2) is 0 Å². The van der Waals surface area contributed by atoms with E-state index in [1.807, 2.05) is 48.6 Å². The summed E-state index contributed by atoms with van der Waals surface area (Å²) < 4.78 is 0. The van der Waals surface area contributed by atoms with E-state index in [0.717, 1.165) is 23.4 Å². The zero-order chi connectivity index (χ0) is 10.5. The average Bonchev–Trinajstić information content (AvgIpc) is 2.31. The number of rotatable bonds is 2. The van der Waals surface area contributed by atoms with Crippen LogP contribution in [0.15, 0.2) is 60.1 Å². The normalized spacial score (nSPS) is 16.9. The van der Waals surface area contributed by atoms with Gasteiger partial charge in [0.1, 0.15) is 0 Å². The molecule has 0 heterocycles. The Kier molecular flexibility index (Phi) is 2.93. The lowest BCUT2D eigenvalue weighted by molar-refractivity contribution is 1.39. The average molecular weight is 195 g/mol. The van der Waals surface area contributed by atoms with Gasteiger partial charge in [-0.15, -0.1) is 0 Å². The van der Waals surface area contributed by atoms with Crippen molar-refractivity contribution in [3.05, 3.63) is 60.7 Å². The van der Waals surface area contributed by atoms with Crippen molar-refractivity contribution in [2.75, 3.05) is 0 Å². The van der Waals surface area contributed by atoms with Crippen molar-refractivity contribution >= 4 is 17.5 Å². The van der Waals surface area contributed by atoms with Gasteiger partial charge in [0.2, 0.25) is 0 Å². The molecule has 0 fully saturated rings. The van der Waals surface area contributed by atoms with Gasteiger partial charge >= 0.3 is 0 Å². The van der Waals surface area contributed by atoms with E-state index in [-0.39, 0.29) is 0 Å². The molecule has 0 radical (unpaired) electrons. The zero-order valence-corrected chi connectivity index (χ0v) is 8.56. The molecule has 0 unspecified atom stereocenters. The monoisotopic (exact) mass is 195 g/mol. The summed E-state index contributed by atoms with van der Waals surface area (Å²) in [4.78, 5) is 4.60. The lowest BCUT2D eigenvalue weighted by Gasteiger charge is -2.04. The molecule has 0 aliphatic heterocycles. The molecule has 0 atom stereocenters. The molecule has 1 aliphatic carbocycles. The molecule has 0 saturated carbocycles. The van der Waals surface area contributed by atoms with Crippen molar-refractivity contribution in [1.82, 2.24) is 0 Å². The number of nitrogens with zero attached hydrogens (tertiary/aromatic N) is 1. The lowest BCUT2D eigenvalue weighted by Crippen LogP contribution is -1.93. The van der Waals surface area contributed by atoms with Crippen LogP contribution in [0.1, 0.15) is 12.0 Å². The third-order valence-corrected chi connectivity index (χ3v) is 2.28. The number of aliphatic imine (C=N–C) groups is 1. The number of hydrogen-bond acceptors (Lipinski definition) is 1. The molecule has 15 heavy (non-hydrogen) atoms. The fraction of sp³-hybridized carbons (Fsp3) is 0.0714. The lowest BCUT2D eigenvalue weighted by atomic mass is 10.1. The third-order valence-electron chi connectivity index (χ3n) is 2.28. The summed E-state index contributed by atoms with van der Waals surface area (Å²) in [5, 5.41) is 0. The fourth-order valence-electron chi connectivity index (χ4n) is 1.50. The summed E-state index contributed by atoms with van der Waals surface area (Å²) in [6.07, 6.45) is 10.9. The van der Waals surface area contributed by atoms with Crippen molar-refractivity contribution in [1.29, 1.82) is 0 Å². The highest BCUT2D eigenvalue weighted by Crippen LogP contribution is 2.20. The molecule has 0 N–H and O–H groups in total. The molecular weight excluding hydrogens is 182 g/mol. The Hall–Kier alpha value is -1.89. The second kappa shape index (κ2) is 4.56. The van der Waals surface area contributed by atoms with Gasteiger partial charge in [-0.25, -0.2) is 0 Å². The van der Waals surface area contributed by atoms with Gasteiger partial charge in [0.05, 0.1) is 5.69 Å². The molecule has 0 spiro atoms. The van der Waals surface area contributed by atoms with Crippen LogP contribution in [0.25, 0.3) is 6.08 Å². The predicted octanol–water partition coefficient (Wildman–Crippen LogP) is 3.92. The van der Waals surface area contributed by atoms with Gasteiger partial charge in [-0.2, -0.15) is 0 Å². The summed E-state index contributed by atoms with van der Waals surface area (Å²) in [6, 6.07) is 8.02. The van der Waals surface area contributed by atoms with E-state index in [9.17, 15) is 0 Å². The highest BCUT2D eigenvalue weighted by Gasteiger charge is 1.99. The number of benzene rings is 1. The minimum Gasteiger partial charge on any atom is -0.253 e. The van der Waals surface area contributed by atoms with Gasteiger partial charge in [0.25, 0.3) is 0 Å². The molecule has 0 aromatic heterocycles. The number of allylic oxidation sites excluding steroid dienone is 4. The minimum atomic E-state index is 0.905. The van der Waals surface area contributed by atoms with E-state index >= 15 is 0 Å². The van der Waals surface area contributed by atoms with E-state index < -0.39 is 0 Å². The Morgan fingerprint density at radius 3 is 2.80 bits per heavy atom. The maximum Gasteiger partial charge on any atom is 0.0705 e. The Morgan fingerprint density at radius 2 is 2.07 bits per heavy atom. The standard InChI is InChI=1S/C14H13N/c1-2-12-8-6-7-11-14(12)15-13-9-4-3-5-10-13/h2-9,11H,1,10H2/b15-13-. The smallest absolute Gasteiger partial charge is 0.0705 e. The summed E-state index contributed by atoms with van der Waals surface area (Å²) in [7, 11) is 0. The van der Waals surface area contributed by atoms with E-state index in [1.54, 1.807) is 0 Å². The topological polar surface area (TPSA) is 12.4 Å². The molecule has 1 heteroatoms. The van der Waals surface area contributed by atoms with Gasteiger partial charge in [-0.05, 0) is 17.7 Å². The molecule has 1 aromatic carbocycles. The third kappa shape index (κ3) is 2.32. The van der Waals surface area contributed by atoms with Crippen molar-refractivity contribution in [3.63, 3.8) is 0 Å². The first-order chi connectivity index (χ1) is 7.40. The Bertz CT molecular complexity index is 450. The Morgan fingerprint density at radius 1 is 1.20 bits per heavy atom. The van der Waals surface area contributed by atoms with Crippen LogP contribution < -0.4 is 0 Å². The first-order valence-corrected chi connectivity index (χ1v) is 5.02. The molecule has 1 aromatic rings. The van der Waals surface area contributed by atoms with Crippen LogP contribution >= 0.6 is 0 Å². The SMILES string of the molecule is C=Cc1ccccc1/N=C1/C=CC=CC1. The Labute approximate surface area is 90.2 Å². The molecule has 2 rings (SSSR count). The summed E-state index contributed by atoms with van der Waals surface area (Å²) in [5.74, 6) is 0. The molecule has 1 nitrogen and oxygen atoms in total. The number of para-hydroxylation sites is 1. The largest absolute Gasteiger partial charge is 0.253 e. The molecule has 0 amide bonds. The molecule has 0 bridgehead atoms. The molecular formula is C14H13N. The van der Waals surface area contributed by atoms with E-state index in [1.165, 1.54) is 0 Å². The first-order valence-electron chi connectivity index (χ1n) is 5.02. The van der Waals surface area contributed by atoms with Gasteiger partial charge in [0, 0.05) is 12.1 Å². The van der Waals surface area contributed by atoms with E-state index in [0.29, 0.717) is 0 Å². The zero-order valence-electron chi connectivity index (χ0n) is 8.56. The maximum atomic E-state index is 4.60. The number of hydrogen-bond donors (Lipinski definition) is 0. The quantitative estimate of drug-likeness (QED) is 0.678. The molecule has 0 saturated heterocycles. The highest BCUT2D eigenvalue weighted by atomic mass is 14.7. The van der Waals surface area contributed by atoms with Crippen LogP contribution in [0.5, 0.6) is 0 Å². The second-order valence-electron chi connectivity index (χ2n) is 3.36. The summed E-state index contributed by atoms with van der Waals surface area (Å²) in [6.45, 7) is 3.78. The van der Waals surface area contributed by atoms with Crippen LogP contribution in [-0.4, -0.2) is 5.71 Å². The van der Waals surface area contributed by atoms with Crippen LogP contribution in [0.2, 0.25) is 0 Å². The van der Waals surface area contributed by atoms with Crippen LogP contribution in [0.3, 0.4) is 0 Å². The minimum absolute atomic E-state index is 0.905. The van der Waals surface area contributed by atoms with Crippen LogP contribution in [-0.2, 0) is 0 Å². The predicted molar refractivity (Wildman–Crippen MR) is 66.5 cm³/mol. The second-order valence-corrected chi connectivity index (χ2v) is 3.36. The van der Waals surface area contributed by atoms with Gasteiger partial charge in [-0.3, -0.25) is 4.99 Å². The highest BCUT2D eigenvalue weighted by molar-refractivity contribution is 5.99. The van der Waals surface area contributed by atoms with Crippen molar-refractivity contribution in [2.45, 2.75) is 6.42 Å². The van der Waals surface area contributed by atoms with Crippen molar-refractivity contribution in [3.8, 4) is 0 Å². The van der Waals surface area contributed by atoms with Gasteiger partial charge in [-0.1, -0.05) is 49.1 Å². The fourth-order valence-corrected chi connectivity index (χ4v) is 1.50. The maximum absolute atomic E-state index is 4.60. The molecule has 74 valence electrons. The van der Waals surface area contributed by atoms with E-state index in [4.69, 9.17) is 0 Å². The van der Waals surface area contributed by atoms with Crippen LogP contribution in [0, 0.1) is 0 Å². The summed E-state index contributed by atoms with van der Waals surface area (Å²) >= 11 is 0. The van der Waals surface area contributed by atoms with E-state index in [2.05, 4.69) is 17.6 Å². The van der Waals surface area contributed by atoms with Crippen molar-refractivity contribution < 1.29 is 0 Å². The van der Waals surface area contributed by atoms with Crippen molar-refractivity contribution in [2.24, 2.45) is 4.99 Å². The Balaban J connectivity index is 2.34. The van der Waals surface area contributed by atoms with Crippen LogP contribution in [0.4, 0.5) is 5.69 Å².